The molecule has 0 amide bonds. The second-order valence-corrected chi connectivity index (χ2v) is 6.96. The topological polar surface area (TPSA) is 88.1 Å². The molecule has 0 N–H and O–H groups in total. The van der Waals surface area contributed by atoms with Crippen LogP contribution in [0.15, 0.2) is 58.4 Å². The smallest absolute Gasteiger partial charge is 0.337 e. The molecular weight excluding hydrogens is 422 g/mol. The number of hydrogen-bond acceptors (Lipinski definition) is 5. The van der Waals surface area contributed by atoms with Crippen LogP contribution in [0, 0.1) is 11.6 Å². The largest absolute Gasteiger partial charge is 0.497 e. The van der Waals surface area contributed by atoms with Crippen LogP contribution in [-0.2, 0) is 13.1 Å². The Balaban J connectivity index is 1.91. The first kappa shape index (κ1) is 21.2. The van der Waals surface area contributed by atoms with Gasteiger partial charge in [0.15, 0.2) is 16.9 Å². The van der Waals surface area contributed by atoms with E-state index in [4.69, 9.17) is 4.74 Å². The summed E-state index contributed by atoms with van der Waals surface area (Å²) in [5.41, 5.74) is -1.56. The number of aromatic nitrogens is 4. The number of carbonyl (C=O) groups is 1. The summed E-state index contributed by atoms with van der Waals surface area (Å²) in [4.78, 5) is 42.9. The lowest BCUT2D eigenvalue weighted by Crippen LogP contribution is -2.40. The number of methoxy groups -OCH3 is 1. The third-order valence-corrected chi connectivity index (χ3v) is 5.07. The number of halogens is 2. The number of carbonyl (C=O) groups excluding carboxylic acids is 1. The first-order chi connectivity index (χ1) is 15.3. The van der Waals surface area contributed by atoms with Gasteiger partial charge in [-0.15, -0.1) is 0 Å². The number of fused-ring (bicyclic) bond motifs is 1. The van der Waals surface area contributed by atoms with E-state index in [-0.39, 0.29) is 35.7 Å². The lowest BCUT2D eigenvalue weighted by atomic mass is 10.1. The van der Waals surface area contributed by atoms with E-state index in [1.54, 1.807) is 31.2 Å². The fraction of sp³-hybridized carbons (Fsp3) is 0.182. The highest BCUT2D eigenvalue weighted by atomic mass is 19.1. The van der Waals surface area contributed by atoms with Crippen molar-refractivity contribution < 1.29 is 18.3 Å². The molecule has 0 radical (unpaired) electrons. The molecule has 2 aromatic heterocycles. The van der Waals surface area contributed by atoms with Gasteiger partial charge in [-0.2, -0.15) is 0 Å². The predicted molar refractivity (Wildman–Crippen MR) is 113 cm³/mol. The predicted octanol–water partition coefficient (Wildman–Crippen LogP) is 2.54. The number of ketones is 1. The first-order valence-corrected chi connectivity index (χ1v) is 9.69. The highest BCUT2D eigenvalue weighted by Crippen LogP contribution is 2.18. The van der Waals surface area contributed by atoms with Gasteiger partial charge in [0, 0.05) is 18.2 Å². The summed E-state index contributed by atoms with van der Waals surface area (Å²) < 4.78 is 36.2. The average Bonchev–Trinajstić information content (AvgIpc) is 3.19. The summed E-state index contributed by atoms with van der Waals surface area (Å²) in [5.74, 6) is -1.62. The molecular formula is C22H18F2N4O4. The number of rotatable bonds is 6. The zero-order valence-corrected chi connectivity index (χ0v) is 17.2. The zero-order valence-electron chi connectivity index (χ0n) is 17.2. The van der Waals surface area contributed by atoms with Crippen LogP contribution in [0.25, 0.3) is 16.9 Å². The maximum atomic E-state index is 14.5. The van der Waals surface area contributed by atoms with Gasteiger partial charge < -0.3 is 9.30 Å². The van der Waals surface area contributed by atoms with Crippen molar-refractivity contribution in [1.29, 1.82) is 0 Å². The SMILES string of the molecule is CCn1c(=O)c2c(ncn2CC(=O)c2cccc(OC)c2)n(-c2ccc(F)cc2F)c1=O. The Morgan fingerprint density at radius 3 is 2.59 bits per heavy atom. The van der Waals surface area contributed by atoms with Crippen molar-refractivity contribution in [3.8, 4) is 11.4 Å². The Bertz CT molecular complexity index is 1470. The Hall–Kier alpha value is -4.08. The number of benzene rings is 2. The summed E-state index contributed by atoms with van der Waals surface area (Å²) in [7, 11) is 1.48. The van der Waals surface area contributed by atoms with Gasteiger partial charge in [-0.3, -0.25) is 14.2 Å². The molecule has 0 saturated carbocycles. The number of hydrogen-bond donors (Lipinski definition) is 0. The molecule has 0 bridgehead atoms. The minimum Gasteiger partial charge on any atom is -0.497 e. The molecule has 0 spiro atoms. The summed E-state index contributed by atoms with van der Waals surface area (Å²) in [6.45, 7) is 1.35. The molecule has 0 fully saturated rings. The van der Waals surface area contributed by atoms with E-state index in [2.05, 4.69) is 4.98 Å². The van der Waals surface area contributed by atoms with E-state index < -0.39 is 22.9 Å². The molecule has 0 aliphatic rings. The molecule has 0 atom stereocenters. The molecule has 0 saturated heterocycles. The van der Waals surface area contributed by atoms with Crippen molar-refractivity contribution in [3.63, 3.8) is 0 Å². The van der Waals surface area contributed by atoms with Gasteiger partial charge >= 0.3 is 5.69 Å². The van der Waals surface area contributed by atoms with Gasteiger partial charge in [0.25, 0.3) is 5.56 Å². The van der Waals surface area contributed by atoms with Crippen LogP contribution in [0.3, 0.4) is 0 Å². The van der Waals surface area contributed by atoms with Crippen LogP contribution in [-0.4, -0.2) is 31.6 Å². The molecule has 8 nitrogen and oxygen atoms in total. The molecule has 0 aliphatic heterocycles. The monoisotopic (exact) mass is 440 g/mol. The summed E-state index contributed by atoms with van der Waals surface area (Å²) >= 11 is 0. The van der Waals surface area contributed by atoms with Crippen molar-refractivity contribution in [2.75, 3.05) is 7.11 Å². The van der Waals surface area contributed by atoms with E-state index in [0.29, 0.717) is 17.4 Å². The number of ether oxygens (including phenoxy) is 1. The molecule has 0 aliphatic carbocycles. The molecule has 164 valence electrons. The van der Waals surface area contributed by atoms with Gasteiger partial charge in [0.1, 0.15) is 17.4 Å². The van der Waals surface area contributed by atoms with E-state index in [1.807, 2.05) is 0 Å². The number of Topliss-reactive ketones (excluding diaryl/α,β-unsaturated/α-hetero) is 1. The van der Waals surface area contributed by atoms with Crippen molar-refractivity contribution in [3.05, 3.63) is 86.8 Å². The second-order valence-electron chi connectivity index (χ2n) is 6.96. The third kappa shape index (κ3) is 3.49. The number of nitrogens with zero attached hydrogens (tertiary/aromatic N) is 4. The fourth-order valence-electron chi connectivity index (χ4n) is 3.50. The number of imidazole rings is 1. The molecule has 2 heterocycles. The van der Waals surface area contributed by atoms with E-state index >= 15 is 0 Å². The molecule has 32 heavy (non-hydrogen) atoms. The molecule has 2 aromatic carbocycles. The summed E-state index contributed by atoms with van der Waals surface area (Å²) in [6, 6.07) is 9.26. The Morgan fingerprint density at radius 2 is 1.91 bits per heavy atom. The van der Waals surface area contributed by atoms with Gasteiger partial charge in [-0.25, -0.2) is 23.1 Å². The average molecular weight is 440 g/mol. The minimum atomic E-state index is -0.989. The van der Waals surface area contributed by atoms with Crippen LogP contribution in [0.1, 0.15) is 17.3 Å². The van der Waals surface area contributed by atoms with Crippen molar-refractivity contribution in [2.24, 2.45) is 0 Å². The molecule has 0 unspecified atom stereocenters. The zero-order chi connectivity index (χ0) is 23.0. The standard InChI is InChI=1S/C22H18F2N4O4/c1-3-27-21(30)19-20(28(22(27)31)17-8-7-14(23)10-16(17)24)25-12-26(19)11-18(29)13-5-4-6-15(9-13)32-2/h4-10,12H,3,11H2,1-2H3. The van der Waals surface area contributed by atoms with Crippen molar-refractivity contribution in [2.45, 2.75) is 20.0 Å². The van der Waals surface area contributed by atoms with Crippen molar-refractivity contribution >= 4 is 16.9 Å². The van der Waals surface area contributed by atoms with E-state index in [0.717, 1.165) is 21.3 Å². The first-order valence-electron chi connectivity index (χ1n) is 9.69. The van der Waals surface area contributed by atoms with Crippen LogP contribution in [0.2, 0.25) is 0 Å². The van der Waals surface area contributed by atoms with E-state index in [1.165, 1.54) is 18.0 Å². The molecule has 4 aromatic rings. The van der Waals surface area contributed by atoms with Gasteiger partial charge in [0.2, 0.25) is 0 Å². The van der Waals surface area contributed by atoms with Gasteiger partial charge in [-0.05, 0) is 31.2 Å². The minimum absolute atomic E-state index is 0.00539. The molecule has 10 heteroatoms. The van der Waals surface area contributed by atoms with Crippen LogP contribution in [0.4, 0.5) is 8.78 Å². The van der Waals surface area contributed by atoms with Crippen molar-refractivity contribution in [1.82, 2.24) is 18.7 Å². The second kappa shape index (κ2) is 8.22. The fourth-order valence-corrected chi connectivity index (χ4v) is 3.50. The lowest BCUT2D eigenvalue weighted by Gasteiger charge is -2.12. The van der Waals surface area contributed by atoms with Crippen LogP contribution < -0.4 is 16.0 Å². The maximum absolute atomic E-state index is 14.5. The Morgan fingerprint density at radius 1 is 1.12 bits per heavy atom. The normalized spacial score (nSPS) is 11.1. The van der Waals surface area contributed by atoms with Crippen LogP contribution >= 0.6 is 0 Å². The highest BCUT2D eigenvalue weighted by Gasteiger charge is 2.21. The van der Waals surface area contributed by atoms with Gasteiger partial charge in [0.05, 0.1) is 25.7 Å². The maximum Gasteiger partial charge on any atom is 0.337 e. The summed E-state index contributed by atoms with van der Waals surface area (Å²) in [5, 5.41) is 0. The Kier molecular flexibility index (Phi) is 5.43. The van der Waals surface area contributed by atoms with Crippen LogP contribution in [0.5, 0.6) is 5.75 Å². The lowest BCUT2D eigenvalue weighted by molar-refractivity contribution is 0.0973. The quantitative estimate of drug-likeness (QED) is 0.430. The van der Waals surface area contributed by atoms with E-state index in [9.17, 15) is 23.2 Å². The highest BCUT2D eigenvalue weighted by molar-refractivity contribution is 5.96. The van der Waals surface area contributed by atoms with Gasteiger partial charge in [-0.1, -0.05) is 12.1 Å². The summed E-state index contributed by atoms with van der Waals surface area (Å²) in [6.07, 6.45) is 1.24. The molecule has 4 rings (SSSR count). The Labute approximate surface area is 179 Å². The third-order valence-electron chi connectivity index (χ3n) is 5.07.